The van der Waals surface area contributed by atoms with Gasteiger partial charge in [0.05, 0.1) is 4.92 Å². The Balaban J connectivity index is 3.38. The van der Waals surface area contributed by atoms with E-state index in [1.165, 1.54) is 0 Å². The van der Waals surface area contributed by atoms with Crippen LogP contribution in [0.4, 0.5) is 62.8 Å². The number of benzene rings is 1. The fraction of sp³-hybridized carbons (Fsp3) is 0.462. The van der Waals surface area contributed by atoms with Gasteiger partial charge in [0.1, 0.15) is 0 Å². The van der Waals surface area contributed by atoms with Crippen molar-refractivity contribution in [3.63, 3.8) is 0 Å². The highest BCUT2D eigenvalue weighted by Crippen LogP contribution is 2.62. The van der Waals surface area contributed by atoms with E-state index >= 15 is 0 Å². The number of alkyl halides is 13. The molecule has 0 unspecified atom stereocenters. The molecule has 176 valence electrons. The van der Waals surface area contributed by atoms with Gasteiger partial charge in [0.25, 0.3) is 5.69 Å². The van der Waals surface area contributed by atoms with Crippen LogP contribution >= 0.6 is 11.8 Å². The van der Waals surface area contributed by atoms with Crippen molar-refractivity contribution in [2.75, 3.05) is 0 Å². The van der Waals surface area contributed by atoms with Crippen LogP contribution < -0.4 is 0 Å². The monoisotopic (exact) mass is 501 g/mol. The first kappa shape index (κ1) is 26.8. The first-order valence-corrected chi connectivity index (χ1v) is 7.80. The Labute approximate surface area is 165 Å². The lowest BCUT2D eigenvalue weighted by atomic mass is 9.98. The summed E-state index contributed by atoms with van der Waals surface area (Å²) in [6.07, 6.45) is -7.54. The summed E-state index contributed by atoms with van der Waals surface area (Å²) in [6.45, 7) is 0. The molecule has 0 saturated heterocycles. The van der Waals surface area contributed by atoms with E-state index in [1.807, 2.05) is 0 Å². The number of rotatable bonds is 7. The third-order valence-corrected chi connectivity index (χ3v) is 4.35. The van der Waals surface area contributed by atoms with Crippen LogP contribution in [-0.2, 0) is 0 Å². The first-order chi connectivity index (χ1) is 13.5. The Morgan fingerprint density at radius 1 is 0.774 bits per heavy atom. The van der Waals surface area contributed by atoms with Gasteiger partial charge in [-0.15, -0.1) is 0 Å². The number of hydrogen-bond acceptors (Lipinski definition) is 4. The molecule has 1 rings (SSSR count). The van der Waals surface area contributed by atoms with Crippen LogP contribution in [0.25, 0.3) is 0 Å². The highest BCUT2D eigenvalue weighted by Gasteiger charge is 2.91. The van der Waals surface area contributed by atoms with Crippen molar-refractivity contribution in [1.82, 2.24) is 0 Å². The SMILES string of the molecule is O=C(SC(F)(F)C(F)(F)C(F)(F)C(F)(F)C(F)(F)C(F)(F)F)c1cccc([N+](=O)[O-])c1. The number of hydrogen-bond donors (Lipinski definition) is 0. The Kier molecular flexibility index (Phi) is 6.65. The second-order valence-electron chi connectivity index (χ2n) is 5.51. The number of nitro groups is 1. The largest absolute Gasteiger partial charge is 0.460 e. The zero-order valence-corrected chi connectivity index (χ0v) is 14.6. The minimum atomic E-state index is -8.08. The third-order valence-electron chi connectivity index (χ3n) is 3.42. The molecular formula is C13H4F13NO3S. The van der Waals surface area contributed by atoms with E-state index in [0.29, 0.717) is 18.2 Å². The van der Waals surface area contributed by atoms with Gasteiger partial charge in [-0.2, -0.15) is 57.1 Å². The lowest BCUT2D eigenvalue weighted by Gasteiger charge is -2.39. The lowest BCUT2D eigenvalue weighted by molar-refractivity contribution is -0.433. The van der Waals surface area contributed by atoms with Crippen LogP contribution in [0.2, 0.25) is 0 Å². The first-order valence-electron chi connectivity index (χ1n) is 6.98. The third kappa shape index (κ3) is 4.25. The molecule has 18 heteroatoms. The zero-order chi connectivity index (χ0) is 24.8. The van der Waals surface area contributed by atoms with Gasteiger partial charge in [0, 0.05) is 17.7 Å². The van der Waals surface area contributed by atoms with Crippen LogP contribution in [0.5, 0.6) is 0 Å². The molecule has 4 nitrogen and oxygen atoms in total. The fourth-order valence-corrected chi connectivity index (χ4v) is 2.48. The molecule has 1 aromatic carbocycles. The summed E-state index contributed by atoms with van der Waals surface area (Å²) in [5.74, 6) is -31.6. The van der Waals surface area contributed by atoms with E-state index in [2.05, 4.69) is 0 Å². The molecule has 0 aliphatic carbocycles. The van der Waals surface area contributed by atoms with E-state index in [0.717, 1.165) is 0 Å². The maximum atomic E-state index is 13.6. The number of non-ortho nitro benzene ring substituents is 1. The molecule has 0 saturated carbocycles. The molecule has 0 bridgehead atoms. The number of thioether (sulfide) groups is 1. The average molecular weight is 501 g/mol. The highest BCUT2D eigenvalue weighted by atomic mass is 32.2. The van der Waals surface area contributed by atoms with Crippen molar-refractivity contribution in [1.29, 1.82) is 0 Å². The van der Waals surface area contributed by atoms with Gasteiger partial charge >= 0.3 is 35.1 Å². The lowest BCUT2D eigenvalue weighted by Crippen LogP contribution is -2.69. The van der Waals surface area contributed by atoms with Gasteiger partial charge in [0.2, 0.25) is 5.12 Å². The predicted molar refractivity (Wildman–Crippen MR) is 75.8 cm³/mol. The topological polar surface area (TPSA) is 60.2 Å². The molecule has 0 N–H and O–H groups in total. The molecule has 31 heavy (non-hydrogen) atoms. The summed E-state index contributed by atoms with van der Waals surface area (Å²) in [7, 11) is 0. The summed E-state index contributed by atoms with van der Waals surface area (Å²) in [4.78, 5) is 20.9. The highest BCUT2D eigenvalue weighted by molar-refractivity contribution is 8.15. The van der Waals surface area contributed by atoms with E-state index in [9.17, 15) is 72.0 Å². The molecule has 0 amide bonds. The van der Waals surface area contributed by atoms with Gasteiger partial charge in [0.15, 0.2) is 0 Å². The smallest absolute Gasteiger partial charge is 0.281 e. The van der Waals surface area contributed by atoms with E-state index < -0.39 is 68.2 Å². The second kappa shape index (κ2) is 7.70. The molecule has 0 atom stereocenters. The Morgan fingerprint density at radius 2 is 1.23 bits per heavy atom. The summed E-state index contributed by atoms with van der Waals surface area (Å²) >= 11 is -2.14. The summed E-state index contributed by atoms with van der Waals surface area (Å²) in [5, 5.41) is 1.48. The van der Waals surface area contributed by atoms with Gasteiger partial charge in [-0.1, -0.05) is 6.07 Å². The Hall–Kier alpha value is -2.27. The van der Waals surface area contributed by atoms with Crippen molar-refractivity contribution < 1.29 is 66.8 Å². The van der Waals surface area contributed by atoms with E-state index in [1.54, 1.807) is 0 Å². The summed E-state index contributed by atoms with van der Waals surface area (Å²) < 4.78 is 168. The van der Waals surface area contributed by atoms with Crippen molar-refractivity contribution >= 4 is 22.6 Å². The molecule has 0 radical (unpaired) electrons. The number of carbonyl (C=O) groups is 1. The maximum Gasteiger partial charge on any atom is 0.460 e. The molecule has 0 aliphatic heterocycles. The molecule has 0 fully saturated rings. The standard InChI is InChI=1S/C13H4F13NO3S/c14-8(15,10(18,19)12(22,23)24)9(16,17)11(20,21)13(25,26)31-7(28)5-2-1-3-6(4-5)27(29)30/h1-4H. The zero-order valence-electron chi connectivity index (χ0n) is 13.8. The predicted octanol–water partition coefficient (Wildman–Crippen LogP) is 6.16. The minimum absolute atomic E-state index is 0.189. The number of nitrogens with zero attached hydrogens (tertiary/aromatic N) is 1. The van der Waals surface area contributed by atoms with Gasteiger partial charge in [-0.3, -0.25) is 14.9 Å². The van der Waals surface area contributed by atoms with Crippen molar-refractivity contribution in [2.45, 2.75) is 35.1 Å². The maximum absolute atomic E-state index is 13.6. The van der Waals surface area contributed by atoms with Gasteiger partial charge in [-0.25, -0.2) is 0 Å². The van der Waals surface area contributed by atoms with Crippen molar-refractivity contribution in [3.8, 4) is 0 Å². The van der Waals surface area contributed by atoms with Crippen LogP contribution in [0.1, 0.15) is 10.4 Å². The molecular weight excluding hydrogens is 497 g/mol. The fourth-order valence-electron chi connectivity index (χ4n) is 1.74. The average Bonchev–Trinajstić information content (AvgIpc) is 2.59. The van der Waals surface area contributed by atoms with Crippen molar-refractivity contribution in [2.24, 2.45) is 0 Å². The van der Waals surface area contributed by atoms with Crippen LogP contribution in [0.15, 0.2) is 24.3 Å². The van der Waals surface area contributed by atoms with Crippen LogP contribution in [0, 0.1) is 10.1 Å². The Bertz CT molecular complexity index is 868. The molecule has 0 spiro atoms. The Morgan fingerprint density at radius 3 is 1.65 bits per heavy atom. The van der Waals surface area contributed by atoms with E-state index in [4.69, 9.17) is 0 Å². The van der Waals surface area contributed by atoms with Crippen LogP contribution in [0.3, 0.4) is 0 Å². The molecule has 0 aromatic heterocycles. The molecule has 0 aliphatic rings. The quantitative estimate of drug-likeness (QED) is 0.255. The van der Waals surface area contributed by atoms with Gasteiger partial charge in [-0.05, 0) is 17.8 Å². The van der Waals surface area contributed by atoms with Gasteiger partial charge < -0.3 is 0 Å². The number of nitro benzene ring substituents is 1. The molecule has 0 heterocycles. The summed E-state index contributed by atoms with van der Waals surface area (Å²) in [5.41, 5.74) is -2.19. The summed E-state index contributed by atoms with van der Waals surface area (Å²) in [6, 6.07) is 1.98. The van der Waals surface area contributed by atoms with Crippen LogP contribution in [-0.4, -0.2) is 45.2 Å². The number of carbonyl (C=O) groups excluding carboxylic acids is 1. The normalized spacial score (nSPS) is 14.5. The number of halogens is 13. The van der Waals surface area contributed by atoms with Crippen molar-refractivity contribution in [3.05, 3.63) is 39.9 Å². The van der Waals surface area contributed by atoms with E-state index in [-0.39, 0.29) is 6.07 Å². The minimum Gasteiger partial charge on any atom is -0.281 e. The second-order valence-corrected chi connectivity index (χ2v) is 6.60. The molecule has 1 aromatic rings.